The standard InChI is InChI=1S/C14H25N3O3/c1-9(2)16-6-5-12(10(8-16)14(19)20-3)17-7-4-11(15)13(17)18/h9-12H,4-8,15H2,1-3H3/t10?,11-,12?/m0/s1. The largest absolute Gasteiger partial charge is 0.469 e. The second-order valence-electron chi connectivity index (χ2n) is 6.00. The van der Waals surface area contributed by atoms with E-state index in [0.717, 1.165) is 13.0 Å². The van der Waals surface area contributed by atoms with Crippen LogP contribution >= 0.6 is 0 Å². The Morgan fingerprint density at radius 2 is 2.05 bits per heavy atom. The maximum Gasteiger partial charge on any atom is 0.312 e. The fourth-order valence-corrected chi connectivity index (χ4v) is 3.24. The first-order chi connectivity index (χ1) is 9.45. The second-order valence-corrected chi connectivity index (χ2v) is 6.00. The molecule has 6 heteroatoms. The van der Waals surface area contributed by atoms with E-state index in [0.29, 0.717) is 25.6 Å². The van der Waals surface area contributed by atoms with E-state index >= 15 is 0 Å². The minimum atomic E-state index is -0.406. The van der Waals surface area contributed by atoms with Gasteiger partial charge in [0, 0.05) is 31.7 Å². The summed E-state index contributed by atoms with van der Waals surface area (Å²) in [6.07, 6.45) is 1.48. The lowest BCUT2D eigenvalue weighted by molar-refractivity contribution is -0.152. The first kappa shape index (κ1) is 15.3. The normalized spacial score (nSPS) is 31.9. The number of methoxy groups -OCH3 is 1. The van der Waals surface area contributed by atoms with E-state index in [9.17, 15) is 9.59 Å². The molecule has 20 heavy (non-hydrogen) atoms. The molecular formula is C14H25N3O3. The van der Waals surface area contributed by atoms with Crippen LogP contribution in [0.4, 0.5) is 0 Å². The van der Waals surface area contributed by atoms with Crippen LogP contribution in [0.15, 0.2) is 0 Å². The van der Waals surface area contributed by atoms with Crippen LogP contribution in [0.3, 0.4) is 0 Å². The van der Waals surface area contributed by atoms with Gasteiger partial charge in [0.2, 0.25) is 5.91 Å². The smallest absolute Gasteiger partial charge is 0.312 e. The summed E-state index contributed by atoms with van der Waals surface area (Å²) < 4.78 is 4.93. The molecule has 2 fully saturated rings. The average Bonchev–Trinajstić information content (AvgIpc) is 2.77. The third kappa shape index (κ3) is 2.81. The van der Waals surface area contributed by atoms with Crippen LogP contribution in [0.1, 0.15) is 26.7 Å². The molecule has 2 unspecified atom stereocenters. The van der Waals surface area contributed by atoms with Crippen LogP contribution in [0.2, 0.25) is 0 Å². The number of hydrogen-bond donors (Lipinski definition) is 1. The molecule has 0 aliphatic carbocycles. The predicted molar refractivity (Wildman–Crippen MR) is 74.9 cm³/mol. The SMILES string of the molecule is COC(=O)C1CN(C(C)C)CCC1N1CC[C@H](N)C1=O. The van der Waals surface area contributed by atoms with Crippen LogP contribution in [-0.2, 0) is 14.3 Å². The maximum atomic E-state index is 12.1. The monoisotopic (exact) mass is 283 g/mol. The third-order valence-corrected chi connectivity index (χ3v) is 4.52. The quantitative estimate of drug-likeness (QED) is 0.727. The number of carbonyl (C=O) groups excluding carboxylic acids is 2. The van der Waals surface area contributed by atoms with Crippen molar-refractivity contribution in [3.63, 3.8) is 0 Å². The van der Waals surface area contributed by atoms with Crippen molar-refractivity contribution >= 4 is 11.9 Å². The van der Waals surface area contributed by atoms with Gasteiger partial charge in [0.15, 0.2) is 0 Å². The van der Waals surface area contributed by atoms with E-state index in [1.165, 1.54) is 7.11 Å². The van der Waals surface area contributed by atoms with Gasteiger partial charge in [-0.3, -0.25) is 14.5 Å². The molecule has 0 aromatic carbocycles. The molecule has 2 rings (SSSR count). The minimum Gasteiger partial charge on any atom is -0.469 e. The molecular weight excluding hydrogens is 258 g/mol. The number of piperidine rings is 1. The van der Waals surface area contributed by atoms with Gasteiger partial charge in [0.05, 0.1) is 19.1 Å². The highest BCUT2D eigenvalue weighted by molar-refractivity contribution is 5.85. The van der Waals surface area contributed by atoms with E-state index in [2.05, 4.69) is 18.7 Å². The van der Waals surface area contributed by atoms with Gasteiger partial charge in [-0.15, -0.1) is 0 Å². The Bertz CT molecular complexity index is 386. The van der Waals surface area contributed by atoms with E-state index in [-0.39, 0.29) is 23.8 Å². The lowest BCUT2D eigenvalue weighted by atomic mass is 9.90. The van der Waals surface area contributed by atoms with Crippen LogP contribution < -0.4 is 5.73 Å². The molecule has 6 nitrogen and oxygen atoms in total. The molecule has 0 aromatic rings. The highest BCUT2D eigenvalue weighted by Crippen LogP contribution is 2.28. The lowest BCUT2D eigenvalue weighted by Gasteiger charge is -2.42. The Hall–Kier alpha value is -1.14. The molecule has 0 radical (unpaired) electrons. The molecule has 0 aromatic heterocycles. The Labute approximate surface area is 120 Å². The fourth-order valence-electron chi connectivity index (χ4n) is 3.24. The molecule has 0 bridgehead atoms. The van der Waals surface area contributed by atoms with Crippen LogP contribution in [0, 0.1) is 5.92 Å². The van der Waals surface area contributed by atoms with Gasteiger partial charge in [-0.25, -0.2) is 0 Å². The number of ether oxygens (including phenoxy) is 1. The van der Waals surface area contributed by atoms with E-state index in [1.807, 2.05) is 0 Å². The lowest BCUT2D eigenvalue weighted by Crippen LogP contribution is -2.56. The van der Waals surface area contributed by atoms with Crippen LogP contribution in [0.25, 0.3) is 0 Å². The fraction of sp³-hybridized carbons (Fsp3) is 0.857. The van der Waals surface area contributed by atoms with Crippen LogP contribution in [0.5, 0.6) is 0 Å². The molecule has 3 atom stereocenters. The Morgan fingerprint density at radius 1 is 1.35 bits per heavy atom. The van der Waals surface area contributed by atoms with Crippen molar-refractivity contribution in [3.8, 4) is 0 Å². The minimum absolute atomic E-state index is 0.0260. The summed E-state index contributed by atoms with van der Waals surface area (Å²) in [6.45, 7) is 6.43. The molecule has 2 N–H and O–H groups in total. The zero-order chi connectivity index (χ0) is 14.9. The molecule has 2 aliphatic rings. The first-order valence-corrected chi connectivity index (χ1v) is 7.33. The molecule has 0 saturated carbocycles. The first-order valence-electron chi connectivity index (χ1n) is 7.33. The number of likely N-dealkylation sites (tertiary alicyclic amines) is 2. The number of amides is 1. The third-order valence-electron chi connectivity index (χ3n) is 4.52. The second kappa shape index (κ2) is 6.10. The van der Waals surface area contributed by atoms with Gasteiger partial charge in [-0.1, -0.05) is 0 Å². The van der Waals surface area contributed by atoms with Gasteiger partial charge in [-0.2, -0.15) is 0 Å². The summed E-state index contributed by atoms with van der Waals surface area (Å²) in [6, 6.07) is -0.0884. The Morgan fingerprint density at radius 3 is 2.55 bits per heavy atom. The number of esters is 1. The van der Waals surface area contributed by atoms with Gasteiger partial charge in [0.25, 0.3) is 0 Å². The van der Waals surface area contributed by atoms with Crippen molar-refractivity contribution < 1.29 is 14.3 Å². The van der Waals surface area contributed by atoms with Crippen LogP contribution in [-0.4, -0.2) is 66.5 Å². The van der Waals surface area contributed by atoms with Crippen molar-refractivity contribution in [1.29, 1.82) is 0 Å². The zero-order valence-corrected chi connectivity index (χ0v) is 12.5. The van der Waals surface area contributed by atoms with Crippen molar-refractivity contribution in [2.45, 2.75) is 44.8 Å². The van der Waals surface area contributed by atoms with Gasteiger partial charge >= 0.3 is 5.97 Å². The van der Waals surface area contributed by atoms with Crippen molar-refractivity contribution in [1.82, 2.24) is 9.80 Å². The summed E-state index contributed by atoms with van der Waals surface area (Å²) in [5, 5.41) is 0. The highest BCUT2D eigenvalue weighted by Gasteiger charge is 2.43. The van der Waals surface area contributed by atoms with Gasteiger partial charge in [0.1, 0.15) is 0 Å². The molecule has 0 spiro atoms. The summed E-state index contributed by atoms with van der Waals surface area (Å²) in [7, 11) is 1.41. The van der Waals surface area contributed by atoms with Gasteiger partial charge < -0.3 is 15.4 Å². The topological polar surface area (TPSA) is 75.9 Å². The van der Waals surface area contributed by atoms with Crippen molar-refractivity contribution in [2.24, 2.45) is 11.7 Å². The molecule has 2 aliphatic heterocycles. The molecule has 114 valence electrons. The number of nitrogens with zero attached hydrogens (tertiary/aromatic N) is 2. The highest BCUT2D eigenvalue weighted by atomic mass is 16.5. The van der Waals surface area contributed by atoms with Gasteiger partial charge in [-0.05, 0) is 26.7 Å². The summed E-state index contributed by atoms with van der Waals surface area (Å²) in [5.74, 6) is -0.527. The average molecular weight is 283 g/mol. The summed E-state index contributed by atoms with van der Waals surface area (Å²) in [4.78, 5) is 28.2. The van der Waals surface area contributed by atoms with E-state index in [1.54, 1.807) is 4.90 Å². The predicted octanol–water partition coefficient (Wildman–Crippen LogP) is -0.182. The van der Waals surface area contributed by atoms with E-state index in [4.69, 9.17) is 10.5 Å². The molecule has 2 saturated heterocycles. The number of nitrogens with two attached hydrogens (primary N) is 1. The molecule has 1 amide bonds. The Balaban J connectivity index is 2.14. The van der Waals surface area contributed by atoms with Crippen molar-refractivity contribution in [2.75, 3.05) is 26.7 Å². The zero-order valence-electron chi connectivity index (χ0n) is 12.5. The molecule has 2 heterocycles. The maximum absolute atomic E-state index is 12.1. The van der Waals surface area contributed by atoms with Crippen molar-refractivity contribution in [3.05, 3.63) is 0 Å². The number of carbonyl (C=O) groups is 2. The Kier molecular flexibility index (Phi) is 4.65. The number of rotatable bonds is 3. The number of hydrogen-bond acceptors (Lipinski definition) is 5. The summed E-state index contributed by atoms with van der Waals surface area (Å²) >= 11 is 0. The summed E-state index contributed by atoms with van der Waals surface area (Å²) in [5.41, 5.74) is 5.79. The van der Waals surface area contributed by atoms with E-state index < -0.39 is 6.04 Å².